The van der Waals surface area contributed by atoms with Crippen LogP contribution in [0.1, 0.15) is 26.7 Å². The molecule has 5 heteroatoms. The normalized spacial score (nSPS) is 19.6. The first kappa shape index (κ1) is 11.1. The monoisotopic (exact) mass is 221 g/mol. The lowest BCUT2D eigenvalue weighted by molar-refractivity contribution is 0.279. The van der Waals surface area contributed by atoms with E-state index >= 15 is 0 Å². The van der Waals surface area contributed by atoms with Crippen LogP contribution in [0.25, 0.3) is 0 Å². The van der Waals surface area contributed by atoms with Gasteiger partial charge in [0.2, 0.25) is 0 Å². The molecule has 1 aliphatic rings. The van der Waals surface area contributed by atoms with Gasteiger partial charge in [0.05, 0.1) is 12.4 Å². The average molecular weight is 221 g/mol. The number of hydrogen-bond acceptors (Lipinski definition) is 5. The van der Waals surface area contributed by atoms with Crippen LogP contribution in [0.5, 0.6) is 0 Å². The Morgan fingerprint density at radius 2 is 2.00 bits per heavy atom. The van der Waals surface area contributed by atoms with Gasteiger partial charge >= 0.3 is 0 Å². The van der Waals surface area contributed by atoms with Crippen molar-refractivity contribution in [2.45, 2.75) is 26.7 Å². The quantitative estimate of drug-likeness (QED) is 0.583. The molecule has 0 aliphatic carbocycles. The highest BCUT2D eigenvalue weighted by Gasteiger charge is 2.26. The van der Waals surface area contributed by atoms with Crippen molar-refractivity contribution in [2.24, 2.45) is 11.3 Å². The Hall–Kier alpha value is -1.36. The lowest BCUT2D eigenvalue weighted by Crippen LogP contribution is -2.37. The largest absolute Gasteiger partial charge is 0.355 e. The first-order valence-electron chi connectivity index (χ1n) is 5.64. The Labute approximate surface area is 96.0 Å². The number of anilines is 2. The van der Waals surface area contributed by atoms with Crippen LogP contribution in [0.2, 0.25) is 0 Å². The molecule has 1 aromatic heterocycles. The third-order valence-corrected chi connectivity index (χ3v) is 3.21. The van der Waals surface area contributed by atoms with Crippen molar-refractivity contribution in [1.29, 1.82) is 0 Å². The zero-order chi connectivity index (χ0) is 11.6. The van der Waals surface area contributed by atoms with E-state index in [1.807, 2.05) is 0 Å². The number of piperidine rings is 1. The molecule has 2 heterocycles. The molecule has 0 aromatic carbocycles. The Balaban J connectivity index is 2.08. The molecule has 3 N–H and O–H groups in total. The Kier molecular flexibility index (Phi) is 2.96. The number of rotatable bonds is 2. The van der Waals surface area contributed by atoms with Crippen molar-refractivity contribution in [2.75, 3.05) is 23.4 Å². The number of nitrogens with zero attached hydrogens (tertiary/aromatic N) is 3. The highest BCUT2D eigenvalue weighted by Crippen LogP contribution is 2.31. The fourth-order valence-electron chi connectivity index (χ4n) is 1.92. The van der Waals surface area contributed by atoms with E-state index in [2.05, 4.69) is 34.1 Å². The molecular weight excluding hydrogens is 202 g/mol. The van der Waals surface area contributed by atoms with Gasteiger partial charge in [0.15, 0.2) is 5.82 Å². The van der Waals surface area contributed by atoms with Gasteiger partial charge in [-0.05, 0) is 18.3 Å². The third-order valence-electron chi connectivity index (χ3n) is 3.21. The number of nitrogens with two attached hydrogens (primary N) is 1. The first-order chi connectivity index (χ1) is 7.61. The minimum absolute atomic E-state index is 0.452. The fraction of sp³-hybridized carbons (Fsp3) is 0.636. The molecule has 1 saturated heterocycles. The molecule has 0 amide bonds. The number of nitrogen functional groups attached to an aromatic ring is 1. The maximum atomic E-state index is 5.32. The van der Waals surface area contributed by atoms with E-state index in [0.717, 1.165) is 18.9 Å². The third kappa shape index (κ3) is 2.41. The van der Waals surface area contributed by atoms with Gasteiger partial charge in [-0.1, -0.05) is 13.8 Å². The number of nitrogens with one attached hydrogen (secondary N) is 1. The molecular formula is C11H19N5. The van der Waals surface area contributed by atoms with Gasteiger partial charge in [0.25, 0.3) is 0 Å². The summed E-state index contributed by atoms with van der Waals surface area (Å²) < 4.78 is 0. The summed E-state index contributed by atoms with van der Waals surface area (Å²) in [5.74, 6) is 6.84. The molecule has 88 valence electrons. The minimum atomic E-state index is 0.452. The summed E-state index contributed by atoms with van der Waals surface area (Å²) in [6, 6.07) is 0. The highest BCUT2D eigenvalue weighted by molar-refractivity contribution is 5.43. The van der Waals surface area contributed by atoms with E-state index in [4.69, 9.17) is 5.84 Å². The number of hydrogen-bond donors (Lipinski definition) is 2. The van der Waals surface area contributed by atoms with Gasteiger partial charge in [0.1, 0.15) is 5.82 Å². The zero-order valence-electron chi connectivity index (χ0n) is 9.90. The maximum Gasteiger partial charge on any atom is 0.160 e. The topological polar surface area (TPSA) is 67.1 Å². The molecule has 16 heavy (non-hydrogen) atoms. The second-order valence-corrected chi connectivity index (χ2v) is 5.06. The van der Waals surface area contributed by atoms with Gasteiger partial charge < -0.3 is 10.3 Å². The Morgan fingerprint density at radius 3 is 2.62 bits per heavy atom. The molecule has 2 rings (SSSR count). The molecule has 0 bridgehead atoms. The molecule has 0 spiro atoms. The molecule has 0 atom stereocenters. The van der Waals surface area contributed by atoms with Crippen molar-refractivity contribution in [3.63, 3.8) is 0 Å². The van der Waals surface area contributed by atoms with Crippen LogP contribution in [0, 0.1) is 5.41 Å². The van der Waals surface area contributed by atoms with Crippen LogP contribution >= 0.6 is 0 Å². The first-order valence-corrected chi connectivity index (χ1v) is 5.64. The van der Waals surface area contributed by atoms with E-state index in [1.54, 1.807) is 12.4 Å². The van der Waals surface area contributed by atoms with Crippen molar-refractivity contribution < 1.29 is 0 Å². The summed E-state index contributed by atoms with van der Waals surface area (Å²) in [5, 5.41) is 0. The van der Waals surface area contributed by atoms with Crippen LogP contribution < -0.4 is 16.2 Å². The van der Waals surface area contributed by atoms with Gasteiger partial charge in [-0.2, -0.15) is 0 Å². The van der Waals surface area contributed by atoms with E-state index in [-0.39, 0.29) is 0 Å². The summed E-state index contributed by atoms with van der Waals surface area (Å²) in [6.45, 7) is 6.70. The van der Waals surface area contributed by atoms with Crippen molar-refractivity contribution >= 4 is 11.6 Å². The number of hydrazine groups is 1. The lowest BCUT2D eigenvalue weighted by atomic mass is 9.83. The molecule has 0 unspecified atom stereocenters. The summed E-state index contributed by atoms with van der Waals surface area (Å²) >= 11 is 0. The molecule has 1 aromatic rings. The highest BCUT2D eigenvalue weighted by atomic mass is 15.3. The smallest absolute Gasteiger partial charge is 0.160 e. The van der Waals surface area contributed by atoms with Gasteiger partial charge in [-0.15, -0.1) is 0 Å². The van der Waals surface area contributed by atoms with Crippen LogP contribution in [-0.2, 0) is 0 Å². The second kappa shape index (κ2) is 4.25. The van der Waals surface area contributed by atoms with Gasteiger partial charge in [-0.25, -0.2) is 10.8 Å². The molecule has 1 aliphatic heterocycles. The van der Waals surface area contributed by atoms with E-state index in [9.17, 15) is 0 Å². The van der Waals surface area contributed by atoms with E-state index in [1.165, 1.54) is 12.8 Å². The van der Waals surface area contributed by atoms with E-state index in [0.29, 0.717) is 11.2 Å². The lowest BCUT2D eigenvalue weighted by Gasteiger charge is -2.37. The molecule has 0 radical (unpaired) electrons. The van der Waals surface area contributed by atoms with Crippen LogP contribution in [0.15, 0.2) is 12.4 Å². The van der Waals surface area contributed by atoms with Crippen molar-refractivity contribution in [3.8, 4) is 0 Å². The zero-order valence-corrected chi connectivity index (χ0v) is 9.90. The number of aromatic nitrogens is 2. The molecule has 1 fully saturated rings. The Morgan fingerprint density at radius 1 is 1.31 bits per heavy atom. The summed E-state index contributed by atoms with van der Waals surface area (Å²) in [5.41, 5.74) is 2.97. The summed E-state index contributed by atoms with van der Waals surface area (Å²) in [4.78, 5) is 10.8. The molecule has 0 saturated carbocycles. The predicted molar refractivity (Wildman–Crippen MR) is 65.1 cm³/mol. The standard InChI is InChI=1S/C11H19N5/c1-11(2)3-5-16(6-4-11)10-8-13-7-9(14-10)15-12/h7-8H,3-6,12H2,1-2H3,(H,14,15). The second-order valence-electron chi connectivity index (χ2n) is 5.06. The van der Waals surface area contributed by atoms with Gasteiger partial charge in [0, 0.05) is 13.1 Å². The molecule has 5 nitrogen and oxygen atoms in total. The maximum absolute atomic E-state index is 5.32. The van der Waals surface area contributed by atoms with Gasteiger partial charge in [-0.3, -0.25) is 4.98 Å². The van der Waals surface area contributed by atoms with Crippen LogP contribution in [0.4, 0.5) is 11.6 Å². The summed E-state index contributed by atoms with van der Waals surface area (Å²) in [6.07, 6.45) is 5.79. The Bertz CT molecular complexity index is 353. The van der Waals surface area contributed by atoms with Crippen LogP contribution in [-0.4, -0.2) is 23.1 Å². The van der Waals surface area contributed by atoms with E-state index < -0.39 is 0 Å². The summed E-state index contributed by atoms with van der Waals surface area (Å²) in [7, 11) is 0. The fourth-order valence-corrected chi connectivity index (χ4v) is 1.92. The SMILES string of the molecule is CC1(C)CCN(c2cncc(NN)n2)CC1. The van der Waals surface area contributed by atoms with Crippen molar-refractivity contribution in [1.82, 2.24) is 9.97 Å². The minimum Gasteiger partial charge on any atom is -0.355 e. The van der Waals surface area contributed by atoms with Crippen molar-refractivity contribution in [3.05, 3.63) is 12.4 Å². The predicted octanol–water partition coefficient (Wildman–Crippen LogP) is 1.39. The van der Waals surface area contributed by atoms with Crippen LogP contribution in [0.3, 0.4) is 0 Å². The average Bonchev–Trinajstić information content (AvgIpc) is 2.29.